The molecule has 0 N–H and O–H groups in total. The van der Waals surface area contributed by atoms with E-state index in [9.17, 15) is 18.0 Å². The molecule has 4 nitrogen and oxygen atoms in total. The first-order chi connectivity index (χ1) is 15.7. The maximum atomic E-state index is 13.7. The molecular formula is C24H21Cl2F3N3O+. The monoisotopic (exact) mass is 494 g/mol. The number of nitrogens with zero attached hydrogens (tertiary/aromatic N) is 3. The highest BCUT2D eigenvalue weighted by atomic mass is 35.5. The molecule has 1 aliphatic carbocycles. The lowest BCUT2D eigenvalue weighted by atomic mass is 9.97. The van der Waals surface area contributed by atoms with Gasteiger partial charge in [0.15, 0.2) is 0 Å². The zero-order valence-electron chi connectivity index (χ0n) is 17.7. The molecule has 4 rings (SSSR count). The third-order valence-electron chi connectivity index (χ3n) is 5.50. The maximum absolute atomic E-state index is 13.7. The second-order valence-electron chi connectivity index (χ2n) is 7.96. The zero-order chi connectivity index (χ0) is 23.8. The fourth-order valence-electron chi connectivity index (χ4n) is 3.64. The molecule has 1 unspecified atom stereocenters. The van der Waals surface area contributed by atoms with Crippen molar-refractivity contribution in [3.63, 3.8) is 0 Å². The highest BCUT2D eigenvalue weighted by Crippen LogP contribution is 2.38. The number of hydrogen-bond acceptors (Lipinski definition) is 2. The van der Waals surface area contributed by atoms with Crippen molar-refractivity contribution in [2.45, 2.75) is 38.4 Å². The SMILES string of the molecule is CC[n+]1cnn(-c2ccc(C=CC(c3cc(Cl)cc(Cl)c3)C(F)(F)F)cc2)c1C(=O)C1CC1. The predicted molar refractivity (Wildman–Crippen MR) is 121 cm³/mol. The van der Waals surface area contributed by atoms with Gasteiger partial charge in [0, 0.05) is 21.1 Å². The Hall–Kier alpha value is -2.64. The van der Waals surface area contributed by atoms with E-state index >= 15 is 0 Å². The van der Waals surface area contributed by atoms with Gasteiger partial charge >= 0.3 is 12.0 Å². The Balaban J connectivity index is 1.61. The number of carbonyl (C=O) groups is 1. The van der Waals surface area contributed by atoms with Crippen LogP contribution in [0.1, 0.15) is 47.4 Å². The number of hydrogen-bond donors (Lipinski definition) is 0. The summed E-state index contributed by atoms with van der Waals surface area (Å²) in [7, 11) is 0. The quantitative estimate of drug-likeness (QED) is 0.280. The van der Waals surface area contributed by atoms with Crippen molar-refractivity contribution in [2.75, 3.05) is 0 Å². The van der Waals surface area contributed by atoms with Crippen molar-refractivity contribution < 1.29 is 22.5 Å². The van der Waals surface area contributed by atoms with E-state index < -0.39 is 12.1 Å². The van der Waals surface area contributed by atoms with Gasteiger partial charge in [-0.2, -0.15) is 13.2 Å². The van der Waals surface area contributed by atoms with Gasteiger partial charge in [0.1, 0.15) is 5.69 Å². The van der Waals surface area contributed by atoms with E-state index in [4.69, 9.17) is 23.2 Å². The largest absolute Gasteiger partial charge is 0.399 e. The van der Waals surface area contributed by atoms with Crippen molar-refractivity contribution in [3.05, 3.63) is 81.9 Å². The Kier molecular flexibility index (Phi) is 6.64. The summed E-state index contributed by atoms with van der Waals surface area (Å²) in [4.78, 5) is 12.7. The third kappa shape index (κ3) is 5.31. The molecule has 1 saturated carbocycles. The third-order valence-corrected chi connectivity index (χ3v) is 5.94. The maximum Gasteiger partial charge on any atom is 0.399 e. The van der Waals surface area contributed by atoms with Crippen LogP contribution in [0, 0.1) is 5.92 Å². The number of halogens is 5. The van der Waals surface area contributed by atoms with E-state index in [0.717, 1.165) is 18.9 Å². The molecule has 9 heteroatoms. The Labute approximate surface area is 199 Å². The minimum absolute atomic E-state index is 0.0308. The van der Waals surface area contributed by atoms with E-state index in [2.05, 4.69) is 5.10 Å². The predicted octanol–water partition coefficient (Wildman–Crippen LogP) is 6.44. The summed E-state index contributed by atoms with van der Waals surface area (Å²) in [5, 5.41) is 4.63. The van der Waals surface area contributed by atoms with Crippen LogP contribution >= 0.6 is 23.2 Å². The summed E-state index contributed by atoms with van der Waals surface area (Å²) in [5.41, 5.74) is 1.21. The standard InChI is InChI=1S/C24H21Cl2F3N3O/c1-2-31-14-30-32(23(31)22(33)16-6-7-16)20-8-3-15(4-9-20)5-10-21(24(27,28)29)17-11-18(25)13-19(26)12-17/h3-5,8-14,16,21H,2,6-7H2,1H3/q+1. The van der Waals surface area contributed by atoms with Crippen molar-refractivity contribution in [2.24, 2.45) is 5.92 Å². The van der Waals surface area contributed by atoms with Crippen LogP contribution in [0.4, 0.5) is 13.2 Å². The smallest absolute Gasteiger partial charge is 0.287 e. The molecule has 2 aromatic carbocycles. The number of carbonyl (C=O) groups excluding carboxylic acids is 1. The van der Waals surface area contributed by atoms with Crippen LogP contribution < -0.4 is 4.57 Å². The van der Waals surface area contributed by atoms with Crippen LogP contribution in [0.2, 0.25) is 10.0 Å². The minimum Gasteiger partial charge on any atom is -0.287 e. The highest BCUT2D eigenvalue weighted by molar-refractivity contribution is 6.34. The molecule has 0 radical (unpaired) electrons. The van der Waals surface area contributed by atoms with Crippen LogP contribution in [0.5, 0.6) is 0 Å². The van der Waals surface area contributed by atoms with Gasteiger partial charge in [-0.05, 0) is 61.2 Å². The number of benzene rings is 2. The van der Waals surface area contributed by atoms with Crippen LogP contribution in [-0.2, 0) is 6.54 Å². The molecule has 1 heterocycles. The van der Waals surface area contributed by atoms with Crippen LogP contribution in [0.3, 0.4) is 0 Å². The number of alkyl halides is 3. The second kappa shape index (κ2) is 9.31. The Morgan fingerprint density at radius 2 is 1.82 bits per heavy atom. The van der Waals surface area contributed by atoms with Gasteiger partial charge in [-0.25, -0.2) is 4.57 Å². The zero-order valence-corrected chi connectivity index (χ0v) is 19.2. The first-order valence-electron chi connectivity index (χ1n) is 10.5. The number of ketones is 1. The van der Waals surface area contributed by atoms with Gasteiger partial charge in [0.2, 0.25) is 5.78 Å². The van der Waals surface area contributed by atoms with Gasteiger partial charge in [0.25, 0.3) is 6.33 Å². The van der Waals surface area contributed by atoms with E-state index in [-0.39, 0.29) is 27.3 Å². The highest BCUT2D eigenvalue weighted by Gasteiger charge is 2.40. The molecule has 0 amide bonds. The average Bonchev–Trinajstić information content (AvgIpc) is 3.51. The molecule has 1 fully saturated rings. The van der Waals surface area contributed by atoms with Crippen LogP contribution in [-0.4, -0.2) is 21.7 Å². The van der Waals surface area contributed by atoms with E-state index in [1.807, 2.05) is 6.92 Å². The van der Waals surface area contributed by atoms with Crippen molar-refractivity contribution in [1.29, 1.82) is 0 Å². The molecule has 172 valence electrons. The first kappa shape index (κ1) is 23.5. The molecular weight excluding hydrogens is 474 g/mol. The second-order valence-corrected chi connectivity index (χ2v) is 8.84. The molecule has 0 spiro atoms. The fourth-order valence-corrected chi connectivity index (χ4v) is 4.18. The summed E-state index contributed by atoms with van der Waals surface area (Å²) >= 11 is 11.8. The minimum atomic E-state index is -4.51. The lowest BCUT2D eigenvalue weighted by Gasteiger charge is -2.18. The Morgan fingerprint density at radius 3 is 2.36 bits per heavy atom. The number of Topliss-reactive ketones (excluding diaryl/α,β-unsaturated/α-hetero) is 1. The van der Waals surface area contributed by atoms with Gasteiger partial charge < -0.3 is 0 Å². The van der Waals surface area contributed by atoms with Gasteiger partial charge in [-0.3, -0.25) is 4.79 Å². The number of aromatic nitrogens is 3. The summed E-state index contributed by atoms with van der Waals surface area (Å²) in [5.74, 6) is -1.24. The summed E-state index contributed by atoms with van der Waals surface area (Å²) < 4.78 is 44.5. The lowest BCUT2D eigenvalue weighted by Crippen LogP contribution is -2.39. The first-order valence-corrected chi connectivity index (χ1v) is 11.3. The normalized spacial score (nSPS) is 15.2. The number of allylic oxidation sites excluding steroid dienone is 1. The van der Waals surface area contributed by atoms with Crippen molar-refractivity contribution >= 4 is 35.1 Å². The van der Waals surface area contributed by atoms with Crippen LogP contribution in [0.15, 0.2) is 54.9 Å². The molecule has 3 aromatic rings. The summed E-state index contributed by atoms with van der Waals surface area (Å²) in [6.07, 6.45) is 1.37. The average molecular weight is 495 g/mol. The fraction of sp³-hybridized carbons (Fsp3) is 0.292. The number of rotatable bonds is 7. The summed E-state index contributed by atoms with van der Waals surface area (Å²) in [6.45, 7) is 2.55. The molecule has 1 aliphatic rings. The van der Waals surface area contributed by atoms with Gasteiger partial charge in [-0.1, -0.05) is 52.2 Å². The molecule has 33 heavy (non-hydrogen) atoms. The van der Waals surface area contributed by atoms with E-state index in [1.165, 1.54) is 24.3 Å². The lowest BCUT2D eigenvalue weighted by molar-refractivity contribution is -0.695. The molecule has 0 aliphatic heterocycles. The van der Waals surface area contributed by atoms with Gasteiger partial charge in [0.05, 0.1) is 12.5 Å². The molecule has 0 saturated heterocycles. The topological polar surface area (TPSA) is 38.8 Å². The molecule has 1 aromatic heterocycles. The van der Waals surface area contributed by atoms with Crippen molar-refractivity contribution in [1.82, 2.24) is 9.78 Å². The van der Waals surface area contributed by atoms with E-state index in [0.29, 0.717) is 23.6 Å². The Bertz CT molecular complexity index is 1180. The molecule has 1 atom stereocenters. The summed E-state index contributed by atoms with van der Waals surface area (Å²) in [6, 6.07) is 10.8. The molecule has 0 bridgehead atoms. The number of aryl methyl sites for hydroxylation is 1. The van der Waals surface area contributed by atoms with Gasteiger partial charge in [-0.15, -0.1) is 0 Å². The van der Waals surface area contributed by atoms with Crippen LogP contribution in [0.25, 0.3) is 11.8 Å². The van der Waals surface area contributed by atoms with E-state index in [1.54, 1.807) is 39.8 Å². The van der Waals surface area contributed by atoms with Crippen molar-refractivity contribution in [3.8, 4) is 5.69 Å². The Morgan fingerprint density at radius 1 is 1.18 bits per heavy atom.